The number of carbonyl (C=O) groups excluding carboxylic acids is 2. The minimum Gasteiger partial charge on any atom is -0.395 e. The predicted octanol–water partition coefficient (Wildman–Crippen LogP) is 0.0674. The highest BCUT2D eigenvalue weighted by molar-refractivity contribution is 5.95. The lowest BCUT2D eigenvalue weighted by Gasteiger charge is -2.33. The molecular formula is C12H23N3O3. The van der Waals surface area contributed by atoms with Crippen LogP contribution < -0.4 is 10.6 Å². The van der Waals surface area contributed by atoms with Gasteiger partial charge in [0, 0.05) is 12.1 Å². The van der Waals surface area contributed by atoms with Gasteiger partial charge in [-0.05, 0) is 33.2 Å². The minimum atomic E-state index is -0.465. The summed E-state index contributed by atoms with van der Waals surface area (Å²) < 4.78 is 0. The summed E-state index contributed by atoms with van der Waals surface area (Å²) in [6.45, 7) is 4.68. The molecular weight excluding hydrogens is 234 g/mol. The molecule has 0 saturated carbocycles. The number of nitrogens with one attached hydrogen (secondary N) is 2. The molecule has 0 aliphatic carbocycles. The Bertz CT molecular complexity index is 294. The van der Waals surface area contributed by atoms with Crippen LogP contribution in [0.3, 0.4) is 0 Å². The van der Waals surface area contributed by atoms with E-state index >= 15 is 0 Å². The van der Waals surface area contributed by atoms with Gasteiger partial charge in [-0.1, -0.05) is 6.42 Å². The number of likely N-dealkylation sites (tertiary alicyclic amines) is 1. The zero-order chi connectivity index (χ0) is 13.5. The maximum absolute atomic E-state index is 11.7. The van der Waals surface area contributed by atoms with Crippen LogP contribution in [0.4, 0.5) is 4.79 Å². The molecule has 1 fully saturated rings. The van der Waals surface area contributed by atoms with E-state index in [-0.39, 0.29) is 31.1 Å². The van der Waals surface area contributed by atoms with Crippen LogP contribution in [-0.4, -0.2) is 53.7 Å². The van der Waals surface area contributed by atoms with Gasteiger partial charge in [0.05, 0.1) is 13.2 Å². The minimum absolute atomic E-state index is 0.00187. The van der Waals surface area contributed by atoms with Crippen molar-refractivity contribution in [3.8, 4) is 0 Å². The van der Waals surface area contributed by atoms with Gasteiger partial charge in [0.15, 0.2) is 0 Å². The lowest BCUT2D eigenvalue weighted by molar-refractivity contribution is -0.122. The molecule has 1 heterocycles. The highest BCUT2D eigenvalue weighted by Crippen LogP contribution is 2.15. The van der Waals surface area contributed by atoms with Crippen molar-refractivity contribution in [2.75, 3.05) is 19.7 Å². The lowest BCUT2D eigenvalue weighted by atomic mass is 10.0. The van der Waals surface area contributed by atoms with Crippen LogP contribution in [0, 0.1) is 0 Å². The van der Waals surface area contributed by atoms with Crippen molar-refractivity contribution in [3.63, 3.8) is 0 Å². The molecule has 1 saturated heterocycles. The molecule has 1 unspecified atom stereocenters. The fraction of sp³-hybridized carbons (Fsp3) is 0.833. The Kier molecular flexibility index (Phi) is 6.07. The summed E-state index contributed by atoms with van der Waals surface area (Å²) in [5.41, 5.74) is 0. The number of imide groups is 1. The Balaban J connectivity index is 2.36. The summed E-state index contributed by atoms with van der Waals surface area (Å²) in [5, 5.41) is 14.1. The van der Waals surface area contributed by atoms with Crippen molar-refractivity contribution in [2.24, 2.45) is 0 Å². The third kappa shape index (κ3) is 5.01. The van der Waals surface area contributed by atoms with Crippen molar-refractivity contribution < 1.29 is 14.7 Å². The first-order valence-electron chi connectivity index (χ1n) is 6.48. The first kappa shape index (κ1) is 14.9. The van der Waals surface area contributed by atoms with Gasteiger partial charge >= 0.3 is 6.03 Å². The number of amides is 3. The first-order valence-corrected chi connectivity index (χ1v) is 6.48. The van der Waals surface area contributed by atoms with Crippen molar-refractivity contribution in [1.82, 2.24) is 15.5 Å². The van der Waals surface area contributed by atoms with Gasteiger partial charge in [0.25, 0.3) is 0 Å². The van der Waals surface area contributed by atoms with E-state index in [9.17, 15) is 14.7 Å². The van der Waals surface area contributed by atoms with Crippen molar-refractivity contribution in [2.45, 2.75) is 45.2 Å². The standard InChI is InChI=1S/C12H23N3O3/c1-9(2)13-12(18)14-11(17)7-15-6-4-3-5-10(15)8-16/h9-10,16H,3-8H2,1-2H3,(H2,13,14,17,18). The normalized spacial score (nSPS) is 20.8. The van der Waals surface area contributed by atoms with E-state index in [4.69, 9.17) is 0 Å². The Morgan fingerprint density at radius 1 is 1.39 bits per heavy atom. The van der Waals surface area contributed by atoms with Gasteiger partial charge in [-0.2, -0.15) is 0 Å². The maximum atomic E-state index is 11.7. The number of piperidine rings is 1. The van der Waals surface area contributed by atoms with Crippen LogP contribution in [0.15, 0.2) is 0 Å². The predicted molar refractivity (Wildman–Crippen MR) is 68.1 cm³/mol. The maximum Gasteiger partial charge on any atom is 0.321 e. The summed E-state index contributed by atoms with van der Waals surface area (Å²) in [6, 6.07) is -0.428. The number of urea groups is 1. The van der Waals surface area contributed by atoms with E-state index in [1.54, 1.807) is 0 Å². The Hall–Kier alpha value is -1.14. The number of hydrogen-bond donors (Lipinski definition) is 3. The summed E-state index contributed by atoms with van der Waals surface area (Å²) >= 11 is 0. The van der Waals surface area contributed by atoms with Gasteiger partial charge in [0.2, 0.25) is 5.91 Å². The molecule has 1 aliphatic heterocycles. The molecule has 0 bridgehead atoms. The zero-order valence-electron chi connectivity index (χ0n) is 11.1. The quantitative estimate of drug-likeness (QED) is 0.665. The molecule has 6 heteroatoms. The van der Waals surface area contributed by atoms with E-state index in [2.05, 4.69) is 10.6 Å². The van der Waals surface area contributed by atoms with Crippen molar-refractivity contribution >= 4 is 11.9 Å². The number of carbonyl (C=O) groups is 2. The molecule has 0 aromatic heterocycles. The van der Waals surface area contributed by atoms with E-state index in [0.29, 0.717) is 0 Å². The number of aliphatic hydroxyl groups is 1. The van der Waals surface area contributed by atoms with E-state index in [1.807, 2.05) is 18.7 Å². The molecule has 0 aromatic carbocycles. The molecule has 18 heavy (non-hydrogen) atoms. The number of nitrogens with zero attached hydrogens (tertiary/aromatic N) is 1. The summed E-state index contributed by atoms with van der Waals surface area (Å²) in [5.74, 6) is -0.325. The molecule has 0 spiro atoms. The van der Waals surface area contributed by atoms with Gasteiger partial charge in [-0.25, -0.2) is 4.79 Å². The summed E-state index contributed by atoms with van der Waals surface area (Å²) in [4.78, 5) is 24.9. The molecule has 1 atom stereocenters. The molecule has 0 radical (unpaired) electrons. The van der Waals surface area contributed by atoms with E-state index in [1.165, 1.54) is 0 Å². The smallest absolute Gasteiger partial charge is 0.321 e. The molecule has 104 valence electrons. The van der Waals surface area contributed by atoms with Crippen LogP contribution in [-0.2, 0) is 4.79 Å². The lowest BCUT2D eigenvalue weighted by Crippen LogP contribution is -2.50. The first-order chi connectivity index (χ1) is 8.52. The zero-order valence-corrected chi connectivity index (χ0v) is 11.1. The molecule has 3 N–H and O–H groups in total. The van der Waals surface area contributed by atoms with Crippen LogP contribution in [0.2, 0.25) is 0 Å². The molecule has 1 aliphatic rings. The second-order valence-corrected chi connectivity index (χ2v) is 4.98. The van der Waals surface area contributed by atoms with Crippen LogP contribution >= 0.6 is 0 Å². The highest BCUT2D eigenvalue weighted by Gasteiger charge is 2.24. The van der Waals surface area contributed by atoms with E-state index < -0.39 is 6.03 Å². The fourth-order valence-electron chi connectivity index (χ4n) is 2.12. The molecule has 6 nitrogen and oxygen atoms in total. The van der Waals surface area contributed by atoms with Crippen molar-refractivity contribution in [1.29, 1.82) is 0 Å². The number of rotatable bonds is 4. The van der Waals surface area contributed by atoms with Crippen molar-refractivity contribution in [3.05, 3.63) is 0 Å². The topological polar surface area (TPSA) is 81.7 Å². The van der Waals surface area contributed by atoms with Gasteiger partial charge in [-0.3, -0.25) is 15.0 Å². The van der Waals surface area contributed by atoms with Gasteiger partial charge in [0.1, 0.15) is 0 Å². The van der Waals surface area contributed by atoms with Gasteiger partial charge < -0.3 is 10.4 Å². The highest BCUT2D eigenvalue weighted by atomic mass is 16.3. The third-order valence-corrected chi connectivity index (χ3v) is 2.98. The van der Waals surface area contributed by atoms with Crippen LogP contribution in [0.1, 0.15) is 33.1 Å². The Labute approximate surface area is 108 Å². The second kappa shape index (κ2) is 7.33. The van der Waals surface area contributed by atoms with Crippen LogP contribution in [0.5, 0.6) is 0 Å². The average Bonchev–Trinajstić information content (AvgIpc) is 2.28. The second-order valence-electron chi connectivity index (χ2n) is 4.98. The molecule has 0 aromatic rings. The van der Waals surface area contributed by atoms with E-state index in [0.717, 1.165) is 25.8 Å². The molecule has 1 rings (SSSR count). The number of aliphatic hydroxyl groups excluding tert-OH is 1. The van der Waals surface area contributed by atoms with Gasteiger partial charge in [-0.15, -0.1) is 0 Å². The molecule has 3 amide bonds. The number of hydrogen-bond acceptors (Lipinski definition) is 4. The third-order valence-electron chi connectivity index (χ3n) is 2.98. The summed E-state index contributed by atoms with van der Waals surface area (Å²) in [7, 11) is 0. The Morgan fingerprint density at radius 2 is 2.11 bits per heavy atom. The summed E-state index contributed by atoms with van der Waals surface area (Å²) in [6.07, 6.45) is 3.02. The SMILES string of the molecule is CC(C)NC(=O)NC(=O)CN1CCCCC1CO. The monoisotopic (exact) mass is 257 g/mol. The fourth-order valence-corrected chi connectivity index (χ4v) is 2.12. The Morgan fingerprint density at radius 3 is 2.72 bits per heavy atom. The van der Waals surface area contributed by atoms with Crippen LogP contribution in [0.25, 0.3) is 0 Å². The largest absolute Gasteiger partial charge is 0.395 e. The average molecular weight is 257 g/mol.